The molecule has 0 amide bonds. The minimum Gasteiger partial charge on any atom is -0.319 e. The van der Waals surface area contributed by atoms with Crippen LogP contribution in [0.5, 0.6) is 0 Å². The van der Waals surface area contributed by atoms with E-state index in [2.05, 4.69) is 57.6 Å². The summed E-state index contributed by atoms with van der Waals surface area (Å²) in [4.78, 5) is 0. The molecule has 0 saturated heterocycles. The lowest BCUT2D eigenvalue weighted by Gasteiger charge is -2.18. The van der Waals surface area contributed by atoms with E-state index < -0.39 is 0 Å². The minimum absolute atomic E-state index is 0.348. The van der Waals surface area contributed by atoms with Crippen molar-refractivity contribution in [2.24, 2.45) is 0 Å². The molecule has 0 aliphatic carbocycles. The summed E-state index contributed by atoms with van der Waals surface area (Å²) in [6.07, 6.45) is 0. The molecule has 94 valence electrons. The van der Waals surface area contributed by atoms with Crippen molar-refractivity contribution in [1.82, 2.24) is 5.32 Å². The molecule has 2 aromatic carbocycles. The van der Waals surface area contributed by atoms with Gasteiger partial charge in [-0.2, -0.15) is 0 Å². The molecule has 1 atom stereocenters. The zero-order chi connectivity index (χ0) is 13.0. The van der Waals surface area contributed by atoms with Gasteiger partial charge >= 0.3 is 0 Å². The summed E-state index contributed by atoms with van der Waals surface area (Å²) >= 11 is 9.40. The fourth-order valence-corrected chi connectivity index (χ4v) is 2.41. The van der Waals surface area contributed by atoms with Crippen molar-refractivity contribution in [3.05, 3.63) is 69.2 Å². The van der Waals surface area contributed by atoms with Crippen LogP contribution in [0.4, 0.5) is 0 Å². The Labute approximate surface area is 121 Å². The highest BCUT2D eigenvalue weighted by atomic mass is 79.9. The van der Waals surface area contributed by atoms with Gasteiger partial charge in [-0.25, -0.2) is 0 Å². The summed E-state index contributed by atoms with van der Waals surface area (Å²) in [6.45, 7) is 0.906. The molecule has 2 aromatic rings. The van der Waals surface area contributed by atoms with Gasteiger partial charge in [0.2, 0.25) is 0 Å². The zero-order valence-corrected chi connectivity index (χ0v) is 12.5. The molecule has 0 saturated carbocycles. The van der Waals surface area contributed by atoms with E-state index >= 15 is 0 Å². The maximum Gasteiger partial charge on any atom is 0.0406 e. The average Bonchev–Trinajstić information content (AvgIpc) is 2.39. The third kappa shape index (κ3) is 3.35. The molecule has 0 aliphatic rings. The van der Waals surface area contributed by atoms with E-state index in [9.17, 15) is 0 Å². The predicted octanol–water partition coefficient (Wildman–Crippen LogP) is 4.45. The first-order valence-corrected chi connectivity index (χ1v) is 7.03. The lowest BCUT2D eigenvalue weighted by atomic mass is 9.91. The van der Waals surface area contributed by atoms with E-state index in [0.717, 1.165) is 16.0 Å². The summed E-state index contributed by atoms with van der Waals surface area (Å²) in [7, 11) is 1.97. The molecule has 0 aliphatic heterocycles. The number of hydrogen-bond donors (Lipinski definition) is 1. The Balaban J connectivity index is 2.33. The van der Waals surface area contributed by atoms with Crippen LogP contribution in [0, 0.1) is 0 Å². The van der Waals surface area contributed by atoms with Gasteiger partial charge in [-0.05, 0) is 42.4 Å². The van der Waals surface area contributed by atoms with E-state index in [1.807, 2.05) is 19.2 Å². The van der Waals surface area contributed by atoms with Crippen LogP contribution in [0.15, 0.2) is 53.0 Å². The Morgan fingerprint density at radius 2 is 1.50 bits per heavy atom. The van der Waals surface area contributed by atoms with E-state index in [-0.39, 0.29) is 0 Å². The van der Waals surface area contributed by atoms with Gasteiger partial charge in [-0.1, -0.05) is 51.8 Å². The Morgan fingerprint density at radius 1 is 1.00 bits per heavy atom. The first-order valence-electron chi connectivity index (χ1n) is 5.86. The molecule has 2 rings (SSSR count). The van der Waals surface area contributed by atoms with Crippen molar-refractivity contribution < 1.29 is 0 Å². The van der Waals surface area contributed by atoms with E-state index in [1.165, 1.54) is 11.1 Å². The maximum absolute atomic E-state index is 5.94. The van der Waals surface area contributed by atoms with Gasteiger partial charge in [0.15, 0.2) is 0 Å². The fraction of sp³-hybridized carbons (Fsp3) is 0.200. The second-order valence-electron chi connectivity index (χ2n) is 4.21. The molecule has 3 heteroatoms. The first kappa shape index (κ1) is 13.6. The smallest absolute Gasteiger partial charge is 0.0406 e. The van der Waals surface area contributed by atoms with Crippen molar-refractivity contribution in [3.8, 4) is 0 Å². The average molecular weight is 325 g/mol. The number of likely N-dealkylation sites (N-methyl/N-ethyl adjacent to an activating group) is 1. The van der Waals surface area contributed by atoms with Crippen LogP contribution in [-0.4, -0.2) is 13.6 Å². The third-order valence-corrected chi connectivity index (χ3v) is 3.73. The van der Waals surface area contributed by atoms with Gasteiger partial charge in [0.05, 0.1) is 0 Å². The van der Waals surface area contributed by atoms with Gasteiger partial charge in [-0.15, -0.1) is 0 Å². The van der Waals surface area contributed by atoms with Crippen molar-refractivity contribution >= 4 is 27.5 Å². The Hall–Kier alpha value is -0.830. The Kier molecular flexibility index (Phi) is 4.81. The van der Waals surface area contributed by atoms with E-state index in [4.69, 9.17) is 11.6 Å². The molecule has 0 aromatic heterocycles. The summed E-state index contributed by atoms with van der Waals surface area (Å²) in [6, 6.07) is 16.5. The zero-order valence-electron chi connectivity index (χ0n) is 10.2. The molecule has 1 nitrogen and oxygen atoms in total. The molecule has 0 spiro atoms. The van der Waals surface area contributed by atoms with Gasteiger partial charge in [0.1, 0.15) is 0 Å². The number of rotatable bonds is 4. The minimum atomic E-state index is 0.348. The number of halogens is 2. The van der Waals surface area contributed by atoms with Crippen molar-refractivity contribution in [2.75, 3.05) is 13.6 Å². The quantitative estimate of drug-likeness (QED) is 0.876. The van der Waals surface area contributed by atoms with Gasteiger partial charge < -0.3 is 5.32 Å². The van der Waals surface area contributed by atoms with Crippen LogP contribution >= 0.6 is 27.5 Å². The largest absolute Gasteiger partial charge is 0.319 e. The van der Waals surface area contributed by atoms with Gasteiger partial charge in [0.25, 0.3) is 0 Å². The lowest BCUT2D eigenvalue weighted by Crippen LogP contribution is -2.18. The highest BCUT2D eigenvalue weighted by molar-refractivity contribution is 9.10. The first-order chi connectivity index (χ1) is 8.70. The SMILES string of the molecule is CNC[C@H](c1ccc(Cl)cc1)c1ccc(Br)cc1. The maximum atomic E-state index is 5.94. The van der Waals surface area contributed by atoms with Crippen LogP contribution in [0.25, 0.3) is 0 Å². The second kappa shape index (κ2) is 6.37. The molecule has 18 heavy (non-hydrogen) atoms. The summed E-state index contributed by atoms with van der Waals surface area (Å²) < 4.78 is 1.10. The van der Waals surface area contributed by atoms with Crippen LogP contribution < -0.4 is 5.32 Å². The summed E-state index contributed by atoms with van der Waals surface area (Å²) in [5.74, 6) is 0.348. The molecule has 0 heterocycles. The van der Waals surface area contributed by atoms with E-state index in [0.29, 0.717) is 5.92 Å². The van der Waals surface area contributed by atoms with Crippen LogP contribution in [0.1, 0.15) is 17.0 Å². The molecular formula is C15H15BrClN. The number of hydrogen-bond acceptors (Lipinski definition) is 1. The van der Waals surface area contributed by atoms with E-state index in [1.54, 1.807) is 0 Å². The standard InChI is InChI=1S/C15H15BrClN/c1-18-10-15(11-2-6-13(16)7-3-11)12-4-8-14(17)9-5-12/h2-9,15,18H,10H2,1H3/t15-/m0/s1. The van der Waals surface area contributed by atoms with Crippen molar-refractivity contribution in [1.29, 1.82) is 0 Å². The number of benzene rings is 2. The third-order valence-electron chi connectivity index (χ3n) is 2.95. The molecule has 1 N–H and O–H groups in total. The second-order valence-corrected chi connectivity index (χ2v) is 5.57. The number of nitrogens with one attached hydrogen (secondary N) is 1. The van der Waals surface area contributed by atoms with Crippen LogP contribution in [0.3, 0.4) is 0 Å². The van der Waals surface area contributed by atoms with Crippen molar-refractivity contribution in [3.63, 3.8) is 0 Å². The highest BCUT2D eigenvalue weighted by Gasteiger charge is 2.13. The fourth-order valence-electron chi connectivity index (χ4n) is 2.02. The van der Waals surface area contributed by atoms with Crippen LogP contribution in [0.2, 0.25) is 5.02 Å². The lowest BCUT2D eigenvalue weighted by molar-refractivity contribution is 0.708. The van der Waals surface area contributed by atoms with Gasteiger partial charge in [-0.3, -0.25) is 0 Å². The Bertz CT molecular complexity index is 447. The molecule has 0 fully saturated rings. The van der Waals surface area contributed by atoms with Gasteiger partial charge in [0, 0.05) is 22.0 Å². The topological polar surface area (TPSA) is 12.0 Å². The normalized spacial score (nSPS) is 12.4. The molecule has 0 unspecified atom stereocenters. The van der Waals surface area contributed by atoms with Crippen molar-refractivity contribution in [2.45, 2.75) is 5.92 Å². The van der Waals surface area contributed by atoms with Crippen LogP contribution in [-0.2, 0) is 0 Å². The molecule has 0 bridgehead atoms. The monoisotopic (exact) mass is 323 g/mol. The molecular weight excluding hydrogens is 310 g/mol. The summed E-state index contributed by atoms with van der Waals surface area (Å²) in [5, 5.41) is 4.02. The Morgan fingerprint density at radius 3 is 2.00 bits per heavy atom. The summed E-state index contributed by atoms with van der Waals surface area (Å²) in [5.41, 5.74) is 2.57. The molecule has 0 radical (unpaired) electrons. The predicted molar refractivity (Wildman–Crippen MR) is 81.4 cm³/mol. The highest BCUT2D eigenvalue weighted by Crippen LogP contribution is 2.26.